The summed E-state index contributed by atoms with van der Waals surface area (Å²) in [4.78, 5) is 5.85. The first-order valence-electron chi connectivity index (χ1n) is 16.2. The van der Waals surface area contributed by atoms with Gasteiger partial charge in [0.25, 0.3) is 0 Å². The van der Waals surface area contributed by atoms with Gasteiger partial charge in [-0.15, -0.1) is 15.3 Å². The Bertz CT molecular complexity index is 3040. The van der Waals surface area contributed by atoms with E-state index in [0.29, 0.717) is 39.7 Å². The molecule has 1 aromatic heterocycles. The molecule has 0 saturated heterocycles. The van der Waals surface area contributed by atoms with Crippen molar-refractivity contribution in [3.63, 3.8) is 0 Å². The first-order chi connectivity index (χ1) is 26.6. The normalized spacial score (nSPS) is 12.1. The predicted octanol–water partition coefficient (Wildman–Crippen LogP) is 2.21. The fourth-order valence-electron chi connectivity index (χ4n) is 5.61. The van der Waals surface area contributed by atoms with Crippen LogP contribution in [0.2, 0.25) is 0 Å². The second kappa shape index (κ2) is 17.4. The van der Waals surface area contributed by atoms with Gasteiger partial charge in [-0.3, -0.25) is 0 Å². The molecule has 18 nitrogen and oxygen atoms in total. The van der Waals surface area contributed by atoms with Crippen LogP contribution in [-0.4, -0.2) is 41.0 Å². The van der Waals surface area contributed by atoms with E-state index in [1.807, 2.05) is 6.92 Å². The molecule has 0 spiro atoms. The first-order valence-corrected chi connectivity index (χ1v) is 19.0. The van der Waals surface area contributed by atoms with E-state index in [2.05, 4.69) is 40.7 Å². The molecule has 0 unspecified atom stereocenters. The summed E-state index contributed by atoms with van der Waals surface area (Å²) in [5, 5.41) is 34.7. The minimum Gasteiger partial charge on any atom is -0.744 e. The monoisotopic (exact) mass is 835 g/mol. The molecule has 0 aliphatic carbocycles. The summed E-state index contributed by atoms with van der Waals surface area (Å²) < 4.78 is 73.7. The van der Waals surface area contributed by atoms with Crippen LogP contribution in [0.3, 0.4) is 0 Å². The number of aryl methyl sites for hydroxylation is 1. The fraction of sp³-hybridized carbons (Fsp3) is 0.0278. The quantitative estimate of drug-likeness (QED) is 0.0607. The second-order valence-electron chi connectivity index (χ2n) is 12.3. The van der Waals surface area contributed by atoms with Gasteiger partial charge in [0.15, 0.2) is 5.75 Å². The van der Waals surface area contributed by atoms with Gasteiger partial charge in [-0.25, -0.2) is 21.8 Å². The number of imidazole rings is 1. The van der Waals surface area contributed by atoms with E-state index in [0.717, 1.165) is 23.2 Å². The number of hydrogen-bond acceptors (Lipinski definition) is 17. The Hall–Kier alpha value is -5.13. The maximum Gasteiger partial charge on any atom is 1.00 e. The molecule has 0 atom stereocenters. The van der Waals surface area contributed by atoms with Gasteiger partial charge in [0.2, 0.25) is 0 Å². The van der Waals surface area contributed by atoms with E-state index in [4.69, 9.17) is 17.2 Å². The number of hydrogen-bond donors (Lipinski definition) is 5. The minimum atomic E-state index is -5.32. The van der Waals surface area contributed by atoms with Crippen molar-refractivity contribution in [2.24, 2.45) is 30.7 Å². The number of benzene rings is 6. The van der Waals surface area contributed by atoms with Gasteiger partial charge in [-0.2, -0.15) is 15.3 Å². The summed E-state index contributed by atoms with van der Waals surface area (Å²) in [6.45, 7) is 1.84. The zero-order valence-corrected chi connectivity index (χ0v) is 36.4. The standard InChI is InChI=1S/C36H29N11O7S2.2Na/c1-18-13-27(25(38)17-24(18)37)45-44-23-11-12-26-28(16-23)41-36(40-26)19-7-9-22(10-8-19)43-46-33-29(55(49,50)51)14-20-15-30(56(52,53)54)34(35(48)31(20)32(33)39)47-42-21-5-3-2-4-6-21;;/h2-17,48H,37-39H2,1H3,(H,40,41)(H,49,50,51)(H,52,53,54);;/q;2*+1/p-2. The number of nitrogens with one attached hydrogen (secondary N) is 1. The summed E-state index contributed by atoms with van der Waals surface area (Å²) in [5.41, 5.74) is 21.4. The zero-order valence-electron chi connectivity index (χ0n) is 30.8. The molecule has 0 fully saturated rings. The number of fused-ring (bicyclic) bond motifs is 2. The van der Waals surface area contributed by atoms with Crippen LogP contribution in [0.4, 0.5) is 51.2 Å². The van der Waals surface area contributed by atoms with E-state index >= 15 is 0 Å². The van der Waals surface area contributed by atoms with Crippen LogP contribution >= 0.6 is 0 Å². The Morgan fingerprint density at radius 1 is 0.655 bits per heavy atom. The Labute approximate surface area is 374 Å². The van der Waals surface area contributed by atoms with E-state index in [-0.39, 0.29) is 81.3 Å². The number of nitrogen functional groups attached to an aromatic ring is 3. The number of nitrogens with zero attached hydrogens (tertiary/aromatic N) is 7. The topological polar surface area (TPSA) is 316 Å². The number of rotatable bonds is 9. The average molecular weight is 836 g/mol. The van der Waals surface area contributed by atoms with Gasteiger partial charge < -0.3 is 36.4 Å². The number of nitrogens with two attached hydrogens (primary N) is 3. The third-order valence-corrected chi connectivity index (χ3v) is 10.1. The van der Waals surface area contributed by atoms with Crippen molar-refractivity contribution in [2.75, 3.05) is 17.2 Å². The average Bonchev–Trinajstić information content (AvgIpc) is 3.58. The van der Waals surface area contributed by atoms with Crippen molar-refractivity contribution in [3.8, 4) is 17.1 Å². The van der Waals surface area contributed by atoms with Crippen LogP contribution in [0, 0.1) is 6.92 Å². The molecule has 6 aromatic carbocycles. The minimum absolute atomic E-state index is 0. The van der Waals surface area contributed by atoms with E-state index < -0.39 is 52.8 Å². The molecule has 0 aliphatic rings. The van der Waals surface area contributed by atoms with E-state index in [9.17, 15) is 31.0 Å². The Morgan fingerprint density at radius 2 is 1.22 bits per heavy atom. The first kappa shape index (κ1) is 44.0. The van der Waals surface area contributed by atoms with Gasteiger partial charge >= 0.3 is 59.1 Å². The SMILES string of the molecule is Cc1cc(N=Nc2ccc3[nH]c(-c4ccc(N=Nc5c(S(=O)(=O)[O-])cc6cc(S(=O)(=O)[O-])c(N=Nc7ccccc7)c(O)c6c5N)cc4)nc3c2)c(N)cc1N.[Na+].[Na+]. The zero-order chi connectivity index (χ0) is 39.9. The van der Waals surface area contributed by atoms with E-state index in [1.54, 1.807) is 60.7 Å². The Kier molecular flexibility index (Phi) is 13.2. The number of aromatic hydroxyl groups is 1. The van der Waals surface area contributed by atoms with Gasteiger partial charge in [0, 0.05) is 11.3 Å². The molecule has 1 heterocycles. The largest absolute Gasteiger partial charge is 1.00 e. The van der Waals surface area contributed by atoms with Crippen molar-refractivity contribution < 1.29 is 90.2 Å². The maximum atomic E-state index is 12.4. The third kappa shape index (κ3) is 9.26. The molecule has 22 heteroatoms. The summed E-state index contributed by atoms with van der Waals surface area (Å²) in [7, 11) is -10.6. The van der Waals surface area contributed by atoms with Crippen molar-refractivity contribution >= 4 is 93.2 Å². The number of azo groups is 3. The van der Waals surface area contributed by atoms with Crippen molar-refractivity contribution in [1.29, 1.82) is 0 Å². The molecular formula is C36H27N11Na2O7S2. The Balaban J connectivity index is 0.00000320. The van der Waals surface area contributed by atoms with Gasteiger partial charge in [-0.1, -0.05) is 18.2 Å². The number of phenolic OH excluding ortho intramolecular Hbond substituents is 1. The van der Waals surface area contributed by atoms with Crippen LogP contribution in [0.5, 0.6) is 5.75 Å². The van der Waals surface area contributed by atoms with Gasteiger partial charge in [0.1, 0.15) is 43.1 Å². The number of aromatic amines is 1. The van der Waals surface area contributed by atoms with Crippen LogP contribution in [0.25, 0.3) is 33.2 Å². The maximum absolute atomic E-state index is 12.4. The molecule has 7 rings (SSSR count). The molecule has 0 radical (unpaired) electrons. The molecular weight excluding hydrogens is 809 g/mol. The van der Waals surface area contributed by atoms with Crippen molar-refractivity contribution in [1.82, 2.24) is 9.97 Å². The second-order valence-corrected chi connectivity index (χ2v) is 14.9. The molecule has 282 valence electrons. The summed E-state index contributed by atoms with van der Waals surface area (Å²) in [6.07, 6.45) is 0. The van der Waals surface area contributed by atoms with Crippen LogP contribution in [-0.2, 0) is 20.2 Å². The smallest absolute Gasteiger partial charge is 0.744 e. The molecule has 0 saturated carbocycles. The van der Waals surface area contributed by atoms with Gasteiger partial charge in [0.05, 0.1) is 54.6 Å². The van der Waals surface area contributed by atoms with Gasteiger partial charge in [-0.05, 0) is 96.7 Å². The van der Waals surface area contributed by atoms with Crippen LogP contribution in [0.15, 0.2) is 138 Å². The molecule has 7 aromatic rings. The van der Waals surface area contributed by atoms with Crippen molar-refractivity contribution in [2.45, 2.75) is 16.7 Å². The summed E-state index contributed by atoms with van der Waals surface area (Å²) in [5.74, 6) is -0.419. The van der Waals surface area contributed by atoms with Crippen molar-refractivity contribution in [3.05, 3.63) is 103 Å². The molecule has 8 N–H and O–H groups in total. The fourth-order valence-corrected chi connectivity index (χ4v) is 6.91. The Morgan fingerprint density at radius 3 is 1.86 bits per heavy atom. The number of aromatic nitrogens is 2. The van der Waals surface area contributed by atoms with Crippen LogP contribution < -0.4 is 76.3 Å². The number of H-pyrrole nitrogens is 1. The molecule has 0 bridgehead atoms. The number of anilines is 3. The summed E-state index contributed by atoms with van der Waals surface area (Å²) >= 11 is 0. The summed E-state index contributed by atoms with van der Waals surface area (Å²) in [6, 6.07) is 24.5. The molecule has 58 heavy (non-hydrogen) atoms. The predicted molar refractivity (Wildman–Crippen MR) is 206 cm³/mol. The molecule has 0 aliphatic heterocycles. The number of phenols is 1. The molecule has 0 amide bonds. The van der Waals surface area contributed by atoms with Crippen LogP contribution in [0.1, 0.15) is 5.56 Å². The van der Waals surface area contributed by atoms with E-state index in [1.165, 1.54) is 24.3 Å². The third-order valence-electron chi connectivity index (χ3n) is 8.44.